The predicted octanol–water partition coefficient (Wildman–Crippen LogP) is -0.602. The van der Waals surface area contributed by atoms with E-state index in [0.717, 1.165) is 4.31 Å². The molecule has 1 aromatic rings. The number of methoxy groups -OCH3 is 1. The lowest BCUT2D eigenvalue weighted by molar-refractivity contribution is -0.122. The minimum absolute atomic E-state index is 0.0234. The van der Waals surface area contributed by atoms with E-state index >= 15 is 0 Å². The van der Waals surface area contributed by atoms with Gasteiger partial charge in [0.1, 0.15) is 10.6 Å². The van der Waals surface area contributed by atoms with Crippen molar-refractivity contribution in [1.82, 2.24) is 9.62 Å². The van der Waals surface area contributed by atoms with Gasteiger partial charge in [-0.3, -0.25) is 4.79 Å². The Morgan fingerprint density at radius 3 is 2.79 bits per heavy atom. The first-order valence-electron chi connectivity index (χ1n) is 5.65. The van der Waals surface area contributed by atoms with Gasteiger partial charge in [0.2, 0.25) is 15.9 Å². The number of nitrogens with two attached hydrogens (primary N) is 1. The first-order chi connectivity index (χ1) is 8.95. The Morgan fingerprint density at radius 2 is 2.16 bits per heavy atom. The molecule has 0 saturated carbocycles. The Balaban J connectivity index is 2.44. The first kappa shape index (κ1) is 13.6. The van der Waals surface area contributed by atoms with Crippen molar-refractivity contribution in [1.29, 1.82) is 0 Å². The topological polar surface area (TPSA) is 102 Å². The summed E-state index contributed by atoms with van der Waals surface area (Å²) in [5.41, 5.74) is 5.94. The van der Waals surface area contributed by atoms with Gasteiger partial charge in [-0.25, -0.2) is 8.42 Å². The number of benzene rings is 1. The van der Waals surface area contributed by atoms with Crippen LogP contribution in [0.3, 0.4) is 0 Å². The molecule has 0 aliphatic carbocycles. The van der Waals surface area contributed by atoms with Gasteiger partial charge < -0.3 is 15.8 Å². The molecular weight excluding hydrogens is 270 g/mol. The van der Waals surface area contributed by atoms with Gasteiger partial charge in [-0.15, -0.1) is 0 Å². The molecule has 1 aliphatic heterocycles. The van der Waals surface area contributed by atoms with Crippen molar-refractivity contribution in [2.45, 2.75) is 4.90 Å². The summed E-state index contributed by atoms with van der Waals surface area (Å²) in [6.45, 7) is 0.328. The van der Waals surface area contributed by atoms with Gasteiger partial charge in [0.25, 0.3) is 0 Å². The first-order valence-corrected chi connectivity index (χ1v) is 7.09. The maximum absolute atomic E-state index is 12.5. The Kier molecular flexibility index (Phi) is 3.63. The molecular formula is C11H15N3O4S. The molecule has 0 atom stereocenters. The monoisotopic (exact) mass is 285 g/mol. The van der Waals surface area contributed by atoms with Crippen LogP contribution in [-0.4, -0.2) is 45.4 Å². The molecule has 1 heterocycles. The molecule has 1 saturated heterocycles. The van der Waals surface area contributed by atoms with E-state index in [-0.39, 0.29) is 29.6 Å². The normalized spacial score (nSPS) is 17.0. The van der Waals surface area contributed by atoms with Crippen molar-refractivity contribution in [3.63, 3.8) is 0 Å². The molecule has 0 radical (unpaired) electrons. The van der Waals surface area contributed by atoms with Crippen LogP contribution in [0.1, 0.15) is 0 Å². The maximum atomic E-state index is 12.5. The highest BCUT2D eigenvalue weighted by atomic mass is 32.2. The van der Waals surface area contributed by atoms with Gasteiger partial charge in [-0.2, -0.15) is 4.31 Å². The van der Waals surface area contributed by atoms with Crippen molar-refractivity contribution < 1.29 is 17.9 Å². The fraction of sp³-hybridized carbons (Fsp3) is 0.364. The molecule has 1 aromatic carbocycles. The summed E-state index contributed by atoms with van der Waals surface area (Å²) in [6, 6.07) is 4.38. The number of rotatable bonds is 3. The van der Waals surface area contributed by atoms with Crippen molar-refractivity contribution in [3.05, 3.63) is 18.2 Å². The molecule has 0 unspecified atom stereocenters. The molecule has 1 fully saturated rings. The third kappa shape index (κ3) is 2.64. The predicted molar refractivity (Wildman–Crippen MR) is 69.2 cm³/mol. The summed E-state index contributed by atoms with van der Waals surface area (Å²) in [5, 5.41) is 2.57. The Morgan fingerprint density at radius 1 is 1.42 bits per heavy atom. The summed E-state index contributed by atoms with van der Waals surface area (Å²) in [4.78, 5) is 11.3. The zero-order valence-corrected chi connectivity index (χ0v) is 11.2. The van der Waals surface area contributed by atoms with E-state index in [2.05, 4.69) is 5.32 Å². The molecule has 0 aromatic heterocycles. The number of ether oxygens (including phenoxy) is 1. The lowest BCUT2D eigenvalue weighted by Gasteiger charge is -2.26. The minimum atomic E-state index is -3.79. The van der Waals surface area contributed by atoms with Crippen LogP contribution in [0.15, 0.2) is 23.1 Å². The largest absolute Gasteiger partial charge is 0.495 e. The zero-order chi connectivity index (χ0) is 14.0. The van der Waals surface area contributed by atoms with E-state index in [9.17, 15) is 13.2 Å². The number of anilines is 1. The van der Waals surface area contributed by atoms with Crippen LogP contribution in [-0.2, 0) is 14.8 Å². The second kappa shape index (κ2) is 5.06. The highest BCUT2D eigenvalue weighted by Gasteiger charge is 2.31. The van der Waals surface area contributed by atoms with E-state index in [4.69, 9.17) is 10.5 Å². The minimum Gasteiger partial charge on any atom is -0.495 e. The molecule has 104 valence electrons. The SMILES string of the molecule is COc1ccc(N)cc1S(=O)(=O)N1CCNC(=O)C1. The Hall–Kier alpha value is -1.80. The molecule has 0 spiro atoms. The quantitative estimate of drug-likeness (QED) is 0.722. The summed E-state index contributed by atoms with van der Waals surface area (Å²) in [6.07, 6.45) is 0. The standard InChI is InChI=1S/C11H15N3O4S/c1-18-9-3-2-8(12)6-10(9)19(16,17)14-5-4-13-11(15)7-14/h2-3,6H,4-5,7,12H2,1H3,(H,13,15). The number of nitrogens with zero attached hydrogens (tertiary/aromatic N) is 1. The molecule has 19 heavy (non-hydrogen) atoms. The van der Waals surface area contributed by atoms with E-state index in [1.54, 1.807) is 6.07 Å². The Labute approximate surface area is 111 Å². The number of hydrogen-bond donors (Lipinski definition) is 2. The number of hydrogen-bond acceptors (Lipinski definition) is 5. The number of carbonyl (C=O) groups is 1. The summed E-state index contributed by atoms with van der Waals surface area (Å²) < 4.78 is 31.1. The van der Waals surface area contributed by atoms with Gasteiger partial charge in [-0.05, 0) is 18.2 Å². The molecule has 3 N–H and O–H groups in total. The number of piperazine rings is 1. The molecule has 1 aliphatic rings. The fourth-order valence-electron chi connectivity index (χ4n) is 1.85. The number of nitrogens with one attached hydrogen (secondary N) is 1. The summed E-state index contributed by atoms with van der Waals surface area (Å²) in [5.74, 6) is -0.113. The van der Waals surface area contributed by atoms with E-state index in [0.29, 0.717) is 12.2 Å². The van der Waals surface area contributed by atoms with Crippen LogP contribution in [0, 0.1) is 0 Å². The van der Waals surface area contributed by atoms with Crippen molar-refractivity contribution in [3.8, 4) is 5.75 Å². The second-order valence-electron chi connectivity index (χ2n) is 4.10. The van der Waals surface area contributed by atoms with Crippen LogP contribution in [0.5, 0.6) is 5.75 Å². The van der Waals surface area contributed by atoms with Gasteiger partial charge in [-0.1, -0.05) is 0 Å². The summed E-state index contributed by atoms with van der Waals surface area (Å²) >= 11 is 0. The molecule has 1 amide bonds. The van der Waals surface area contributed by atoms with Crippen LogP contribution in [0.2, 0.25) is 0 Å². The lowest BCUT2D eigenvalue weighted by atomic mass is 10.3. The Bertz CT molecular complexity index is 600. The highest BCUT2D eigenvalue weighted by molar-refractivity contribution is 7.89. The zero-order valence-electron chi connectivity index (χ0n) is 10.4. The molecule has 7 nitrogen and oxygen atoms in total. The fourth-order valence-corrected chi connectivity index (χ4v) is 3.44. The van der Waals surface area contributed by atoms with Crippen molar-refractivity contribution >= 4 is 21.6 Å². The van der Waals surface area contributed by atoms with E-state index < -0.39 is 10.0 Å². The van der Waals surface area contributed by atoms with Crippen molar-refractivity contribution in [2.75, 3.05) is 32.5 Å². The molecule has 0 bridgehead atoms. The lowest BCUT2D eigenvalue weighted by Crippen LogP contribution is -2.49. The average molecular weight is 285 g/mol. The van der Waals surface area contributed by atoms with Gasteiger partial charge >= 0.3 is 0 Å². The van der Waals surface area contributed by atoms with E-state index in [1.807, 2.05) is 0 Å². The summed E-state index contributed by atoms with van der Waals surface area (Å²) in [7, 11) is -2.41. The van der Waals surface area contributed by atoms with E-state index in [1.165, 1.54) is 19.2 Å². The number of amides is 1. The van der Waals surface area contributed by atoms with Gasteiger partial charge in [0.15, 0.2) is 0 Å². The molecule has 2 rings (SSSR count). The van der Waals surface area contributed by atoms with Gasteiger partial charge in [0, 0.05) is 18.8 Å². The van der Waals surface area contributed by atoms with Crippen LogP contribution in [0.4, 0.5) is 5.69 Å². The average Bonchev–Trinajstić information content (AvgIpc) is 2.38. The third-order valence-electron chi connectivity index (χ3n) is 2.81. The smallest absolute Gasteiger partial charge is 0.247 e. The number of nitrogen functional groups attached to an aromatic ring is 1. The van der Waals surface area contributed by atoms with Gasteiger partial charge in [0.05, 0.1) is 13.7 Å². The van der Waals surface area contributed by atoms with Crippen LogP contribution in [0.25, 0.3) is 0 Å². The van der Waals surface area contributed by atoms with Crippen LogP contribution >= 0.6 is 0 Å². The number of carbonyl (C=O) groups excluding carboxylic acids is 1. The van der Waals surface area contributed by atoms with Crippen molar-refractivity contribution in [2.24, 2.45) is 0 Å². The highest BCUT2D eigenvalue weighted by Crippen LogP contribution is 2.28. The second-order valence-corrected chi connectivity index (χ2v) is 6.01. The number of sulfonamides is 1. The maximum Gasteiger partial charge on any atom is 0.247 e. The molecule has 8 heteroatoms. The van der Waals surface area contributed by atoms with Crippen LogP contribution < -0.4 is 15.8 Å². The third-order valence-corrected chi connectivity index (χ3v) is 4.68.